The van der Waals surface area contributed by atoms with Gasteiger partial charge < -0.3 is 5.32 Å². The van der Waals surface area contributed by atoms with Crippen molar-refractivity contribution in [3.05, 3.63) is 22.7 Å². The molecule has 1 aliphatic heterocycles. The Morgan fingerprint density at radius 1 is 1.47 bits per heavy atom. The summed E-state index contributed by atoms with van der Waals surface area (Å²) in [5.41, 5.74) is 0.936. The van der Waals surface area contributed by atoms with E-state index in [0.717, 1.165) is 44.2 Å². The van der Waals surface area contributed by atoms with Crippen molar-refractivity contribution in [2.45, 2.75) is 13.5 Å². The van der Waals surface area contributed by atoms with Gasteiger partial charge in [0.25, 0.3) is 0 Å². The van der Waals surface area contributed by atoms with Crippen LogP contribution in [0, 0.1) is 6.92 Å². The molecule has 2 rings (SSSR count). The van der Waals surface area contributed by atoms with Gasteiger partial charge in [0, 0.05) is 38.9 Å². The maximum absolute atomic E-state index is 6.05. The van der Waals surface area contributed by atoms with Crippen LogP contribution in [0.1, 0.15) is 11.5 Å². The molecule has 1 aliphatic rings. The normalized spacial score (nSPS) is 18.0. The molecule has 0 atom stereocenters. The summed E-state index contributed by atoms with van der Waals surface area (Å²) in [6, 6.07) is 0. The highest BCUT2D eigenvalue weighted by molar-refractivity contribution is 6.31. The van der Waals surface area contributed by atoms with E-state index in [1.165, 1.54) is 0 Å². The van der Waals surface area contributed by atoms with Crippen LogP contribution in [-0.4, -0.2) is 41.0 Å². The maximum Gasteiger partial charge on any atom is 0.125 e. The summed E-state index contributed by atoms with van der Waals surface area (Å²) in [6.45, 7) is 6.91. The lowest BCUT2D eigenvalue weighted by Crippen LogP contribution is -2.43. The monoisotopic (exact) mass is 226 g/mol. The maximum atomic E-state index is 6.05. The van der Waals surface area contributed by atoms with Gasteiger partial charge in [0.1, 0.15) is 5.82 Å². The Balaban J connectivity index is 2.05. The number of aryl methyl sites for hydroxylation is 1. The highest BCUT2D eigenvalue weighted by Gasteiger charge is 2.12. The van der Waals surface area contributed by atoms with Crippen LogP contribution in [0.4, 0.5) is 0 Å². The Hall–Kier alpha value is -0.710. The van der Waals surface area contributed by atoms with Crippen LogP contribution < -0.4 is 5.32 Å². The molecule has 15 heavy (non-hydrogen) atoms. The molecular formula is C10H15ClN4. The summed E-state index contributed by atoms with van der Waals surface area (Å²) < 4.78 is 0. The third-order valence-corrected chi connectivity index (χ3v) is 2.84. The second kappa shape index (κ2) is 4.88. The lowest BCUT2D eigenvalue weighted by atomic mass is 10.3. The second-order valence-corrected chi connectivity index (χ2v) is 4.15. The Labute approximate surface area is 94.7 Å². The average molecular weight is 227 g/mol. The van der Waals surface area contributed by atoms with Crippen molar-refractivity contribution in [3.8, 4) is 0 Å². The highest BCUT2D eigenvalue weighted by atomic mass is 35.5. The molecule has 2 heterocycles. The van der Waals surface area contributed by atoms with E-state index < -0.39 is 0 Å². The van der Waals surface area contributed by atoms with Gasteiger partial charge in [-0.05, 0) is 6.92 Å². The average Bonchev–Trinajstić information content (AvgIpc) is 2.25. The zero-order valence-corrected chi connectivity index (χ0v) is 9.59. The minimum Gasteiger partial charge on any atom is -0.314 e. The number of piperazine rings is 1. The van der Waals surface area contributed by atoms with Crippen molar-refractivity contribution in [3.63, 3.8) is 0 Å². The zero-order chi connectivity index (χ0) is 10.7. The fourth-order valence-corrected chi connectivity index (χ4v) is 1.84. The van der Waals surface area contributed by atoms with Gasteiger partial charge in [-0.1, -0.05) is 11.6 Å². The topological polar surface area (TPSA) is 41.1 Å². The lowest BCUT2D eigenvalue weighted by Gasteiger charge is -2.26. The molecule has 0 bridgehead atoms. The number of nitrogens with one attached hydrogen (secondary N) is 1. The van der Waals surface area contributed by atoms with E-state index in [9.17, 15) is 0 Å². The van der Waals surface area contributed by atoms with Gasteiger partial charge in [-0.3, -0.25) is 4.90 Å². The molecule has 0 radical (unpaired) electrons. The van der Waals surface area contributed by atoms with E-state index in [1.807, 2.05) is 6.92 Å². The Kier molecular flexibility index (Phi) is 3.51. The summed E-state index contributed by atoms with van der Waals surface area (Å²) >= 11 is 6.05. The van der Waals surface area contributed by atoms with Gasteiger partial charge in [0.05, 0.1) is 10.7 Å². The first-order chi connectivity index (χ1) is 7.25. The number of hydrogen-bond acceptors (Lipinski definition) is 4. The number of rotatable bonds is 2. The first-order valence-corrected chi connectivity index (χ1v) is 5.54. The minimum atomic E-state index is 0.666. The Morgan fingerprint density at radius 3 is 2.93 bits per heavy atom. The van der Waals surface area contributed by atoms with E-state index >= 15 is 0 Å². The summed E-state index contributed by atoms with van der Waals surface area (Å²) in [6.07, 6.45) is 1.68. The minimum absolute atomic E-state index is 0.666. The van der Waals surface area contributed by atoms with Gasteiger partial charge in [0.2, 0.25) is 0 Å². The second-order valence-electron chi connectivity index (χ2n) is 3.74. The van der Waals surface area contributed by atoms with Crippen molar-refractivity contribution in [2.75, 3.05) is 26.2 Å². The van der Waals surface area contributed by atoms with E-state index in [-0.39, 0.29) is 0 Å². The highest BCUT2D eigenvalue weighted by Crippen LogP contribution is 2.14. The van der Waals surface area contributed by atoms with E-state index in [4.69, 9.17) is 11.6 Å². The first kappa shape index (κ1) is 10.8. The molecule has 1 aromatic heterocycles. The summed E-state index contributed by atoms with van der Waals surface area (Å²) in [5.74, 6) is 0.782. The molecule has 82 valence electrons. The molecule has 0 amide bonds. The third kappa shape index (κ3) is 2.87. The standard InChI is InChI=1S/C10H15ClN4/c1-8-13-6-9(11)10(14-8)7-15-4-2-12-3-5-15/h6,12H,2-5,7H2,1H3. The smallest absolute Gasteiger partial charge is 0.125 e. The largest absolute Gasteiger partial charge is 0.314 e. The first-order valence-electron chi connectivity index (χ1n) is 5.17. The van der Waals surface area contributed by atoms with Crippen LogP contribution in [0.5, 0.6) is 0 Å². The Morgan fingerprint density at radius 2 is 2.20 bits per heavy atom. The van der Waals surface area contributed by atoms with Crippen molar-refractivity contribution in [1.29, 1.82) is 0 Å². The molecule has 0 saturated carbocycles. The van der Waals surface area contributed by atoms with Gasteiger partial charge in [-0.15, -0.1) is 0 Å². The van der Waals surface area contributed by atoms with Crippen LogP contribution in [0.3, 0.4) is 0 Å². The van der Waals surface area contributed by atoms with Gasteiger partial charge in [0.15, 0.2) is 0 Å². The lowest BCUT2D eigenvalue weighted by molar-refractivity contribution is 0.230. The summed E-state index contributed by atoms with van der Waals surface area (Å²) in [5, 5.41) is 3.98. The predicted molar refractivity (Wildman–Crippen MR) is 59.9 cm³/mol. The molecule has 0 spiro atoms. The molecular weight excluding hydrogens is 212 g/mol. The number of hydrogen-bond donors (Lipinski definition) is 1. The van der Waals surface area contributed by atoms with Crippen molar-refractivity contribution in [1.82, 2.24) is 20.2 Å². The van der Waals surface area contributed by atoms with E-state index in [1.54, 1.807) is 6.20 Å². The predicted octanol–water partition coefficient (Wildman–Crippen LogP) is 0.844. The molecule has 1 saturated heterocycles. The molecule has 4 nitrogen and oxygen atoms in total. The van der Waals surface area contributed by atoms with Gasteiger partial charge in [-0.2, -0.15) is 0 Å². The molecule has 1 fully saturated rings. The third-order valence-electron chi connectivity index (χ3n) is 2.52. The van der Waals surface area contributed by atoms with Crippen LogP contribution >= 0.6 is 11.6 Å². The zero-order valence-electron chi connectivity index (χ0n) is 8.83. The van der Waals surface area contributed by atoms with Crippen molar-refractivity contribution < 1.29 is 0 Å². The number of nitrogens with zero attached hydrogens (tertiary/aromatic N) is 3. The van der Waals surface area contributed by atoms with E-state index in [2.05, 4.69) is 20.2 Å². The fraction of sp³-hybridized carbons (Fsp3) is 0.600. The van der Waals surface area contributed by atoms with Crippen LogP contribution in [-0.2, 0) is 6.54 Å². The Bertz CT molecular complexity index is 336. The molecule has 0 unspecified atom stereocenters. The molecule has 0 aromatic carbocycles. The van der Waals surface area contributed by atoms with E-state index in [0.29, 0.717) is 5.02 Å². The summed E-state index contributed by atoms with van der Waals surface area (Å²) in [7, 11) is 0. The quantitative estimate of drug-likeness (QED) is 0.812. The fourth-order valence-electron chi connectivity index (χ4n) is 1.69. The number of halogens is 1. The number of aromatic nitrogens is 2. The van der Waals surface area contributed by atoms with Gasteiger partial charge in [-0.25, -0.2) is 9.97 Å². The molecule has 1 aromatic rings. The molecule has 1 N–H and O–H groups in total. The SMILES string of the molecule is Cc1ncc(Cl)c(CN2CCNCC2)n1. The molecule has 5 heteroatoms. The summed E-state index contributed by atoms with van der Waals surface area (Å²) in [4.78, 5) is 10.8. The van der Waals surface area contributed by atoms with Crippen LogP contribution in [0.25, 0.3) is 0 Å². The van der Waals surface area contributed by atoms with Gasteiger partial charge >= 0.3 is 0 Å². The van der Waals surface area contributed by atoms with Crippen LogP contribution in [0.2, 0.25) is 5.02 Å². The van der Waals surface area contributed by atoms with Crippen LogP contribution in [0.15, 0.2) is 6.20 Å². The van der Waals surface area contributed by atoms with Crippen molar-refractivity contribution >= 4 is 11.6 Å². The van der Waals surface area contributed by atoms with Crippen molar-refractivity contribution in [2.24, 2.45) is 0 Å². The molecule has 0 aliphatic carbocycles.